The van der Waals surface area contributed by atoms with Gasteiger partial charge in [0.15, 0.2) is 0 Å². The van der Waals surface area contributed by atoms with Crippen LogP contribution in [0.15, 0.2) is 47.4 Å². The minimum absolute atomic E-state index is 0.0421. The van der Waals surface area contributed by atoms with Gasteiger partial charge in [-0.25, -0.2) is 13.1 Å². The number of nitro benzene ring substituents is 1. The molecule has 0 bridgehead atoms. The van der Waals surface area contributed by atoms with Gasteiger partial charge in [-0.2, -0.15) is 0 Å². The standard InChI is InChI=1S/C17H19N3O5S/c1-12-3-4-13(2)16(11-12)19-17(21)9-10-18-26(24,25)15-7-5-14(6-8-15)20(22)23/h3-8,11,18H,9-10H2,1-2H3,(H,19,21). The first-order valence-corrected chi connectivity index (χ1v) is 9.28. The lowest BCUT2D eigenvalue weighted by Gasteiger charge is -2.10. The van der Waals surface area contributed by atoms with E-state index in [-0.39, 0.29) is 29.5 Å². The fraction of sp³-hybridized carbons (Fsp3) is 0.235. The summed E-state index contributed by atoms with van der Waals surface area (Å²) < 4.78 is 26.6. The van der Waals surface area contributed by atoms with Crippen molar-refractivity contribution < 1.29 is 18.1 Å². The number of carbonyl (C=O) groups is 1. The van der Waals surface area contributed by atoms with Gasteiger partial charge in [-0.15, -0.1) is 0 Å². The van der Waals surface area contributed by atoms with Crippen LogP contribution in [0.2, 0.25) is 0 Å². The molecule has 0 saturated heterocycles. The number of hydrogen-bond donors (Lipinski definition) is 2. The molecule has 0 heterocycles. The molecular weight excluding hydrogens is 358 g/mol. The van der Waals surface area contributed by atoms with Gasteiger partial charge in [0.25, 0.3) is 5.69 Å². The molecule has 0 aliphatic heterocycles. The summed E-state index contributed by atoms with van der Waals surface area (Å²) in [5, 5.41) is 13.3. The molecule has 2 rings (SSSR count). The van der Waals surface area contributed by atoms with E-state index >= 15 is 0 Å². The molecule has 2 N–H and O–H groups in total. The van der Waals surface area contributed by atoms with Gasteiger partial charge >= 0.3 is 0 Å². The van der Waals surface area contributed by atoms with Crippen LogP contribution in [-0.2, 0) is 14.8 Å². The van der Waals surface area contributed by atoms with E-state index in [0.29, 0.717) is 5.69 Å². The second kappa shape index (κ2) is 8.07. The van der Waals surface area contributed by atoms with Crippen molar-refractivity contribution in [3.05, 3.63) is 63.7 Å². The Kier molecular flexibility index (Phi) is 6.06. The molecule has 8 nitrogen and oxygen atoms in total. The predicted molar refractivity (Wildman–Crippen MR) is 97.4 cm³/mol. The number of aryl methyl sites for hydroxylation is 2. The quantitative estimate of drug-likeness (QED) is 0.568. The molecule has 0 radical (unpaired) electrons. The number of sulfonamides is 1. The fourth-order valence-electron chi connectivity index (χ4n) is 2.21. The summed E-state index contributed by atoms with van der Waals surface area (Å²) in [5.74, 6) is -0.315. The van der Waals surface area contributed by atoms with Gasteiger partial charge in [0, 0.05) is 30.8 Å². The first-order chi connectivity index (χ1) is 12.2. The van der Waals surface area contributed by atoms with Crippen LogP contribution < -0.4 is 10.0 Å². The third-order valence-corrected chi connectivity index (χ3v) is 5.15. The molecule has 1 amide bonds. The third kappa shape index (κ3) is 5.11. The molecular formula is C17H19N3O5S. The maximum atomic E-state index is 12.1. The molecule has 0 unspecified atom stereocenters. The lowest BCUT2D eigenvalue weighted by atomic mass is 10.1. The Balaban J connectivity index is 1.92. The topological polar surface area (TPSA) is 118 Å². The Morgan fingerprint density at radius 2 is 1.77 bits per heavy atom. The van der Waals surface area contributed by atoms with E-state index in [0.717, 1.165) is 35.4 Å². The van der Waals surface area contributed by atoms with Crippen LogP contribution in [0.5, 0.6) is 0 Å². The number of hydrogen-bond acceptors (Lipinski definition) is 5. The van der Waals surface area contributed by atoms with Crippen molar-refractivity contribution in [1.29, 1.82) is 0 Å². The average Bonchev–Trinajstić information content (AvgIpc) is 2.58. The zero-order valence-corrected chi connectivity index (χ0v) is 15.2. The third-order valence-electron chi connectivity index (χ3n) is 3.67. The summed E-state index contributed by atoms with van der Waals surface area (Å²) in [5.41, 5.74) is 2.41. The van der Waals surface area contributed by atoms with Gasteiger partial charge in [0.1, 0.15) is 0 Å². The molecule has 0 atom stereocenters. The van der Waals surface area contributed by atoms with Crippen LogP contribution in [0.3, 0.4) is 0 Å². The van der Waals surface area contributed by atoms with Crippen LogP contribution in [0.25, 0.3) is 0 Å². The number of nitrogens with zero attached hydrogens (tertiary/aromatic N) is 1. The van der Waals surface area contributed by atoms with Gasteiger partial charge in [-0.3, -0.25) is 14.9 Å². The van der Waals surface area contributed by atoms with Crippen molar-refractivity contribution in [3.63, 3.8) is 0 Å². The van der Waals surface area contributed by atoms with Crippen molar-refractivity contribution >= 4 is 27.3 Å². The van der Waals surface area contributed by atoms with Crippen molar-refractivity contribution in [2.24, 2.45) is 0 Å². The smallest absolute Gasteiger partial charge is 0.269 e. The van der Waals surface area contributed by atoms with Crippen molar-refractivity contribution in [2.75, 3.05) is 11.9 Å². The molecule has 0 saturated carbocycles. The highest BCUT2D eigenvalue weighted by atomic mass is 32.2. The fourth-order valence-corrected chi connectivity index (χ4v) is 3.24. The summed E-state index contributed by atoms with van der Waals surface area (Å²) in [6.45, 7) is 3.69. The molecule has 0 aliphatic carbocycles. The zero-order chi connectivity index (χ0) is 19.3. The number of carbonyl (C=O) groups excluding carboxylic acids is 1. The Bertz CT molecular complexity index is 924. The molecule has 0 fully saturated rings. The van der Waals surface area contributed by atoms with Crippen LogP contribution in [0.4, 0.5) is 11.4 Å². The summed E-state index contributed by atoms with van der Waals surface area (Å²) in [6.07, 6.45) is -0.0421. The number of rotatable bonds is 7. The predicted octanol–water partition coefficient (Wildman–Crippen LogP) is 2.52. The Hall–Kier alpha value is -2.78. The molecule has 0 aromatic heterocycles. The van der Waals surface area contributed by atoms with Gasteiger partial charge in [0.2, 0.25) is 15.9 Å². The lowest BCUT2D eigenvalue weighted by Crippen LogP contribution is -2.28. The van der Waals surface area contributed by atoms with Crippen molar-refractivity contribution in [1.82, 2.24) is 4.72 Å². The van der Waals surface area contributed by atoms with E-state index in [1.165, 1.54) is 0 Å². The number of anilines is 1. The normalized spacial score (nSPS) is 11.2. The number of amides is 1. The Morgan fingerprint density at radius 1 is 1.12 bits per heavy atom. The van der Waals surface area contributed by atoms with Crippen LogP contribution >= 0.6 is 0 Å². The maximum Gasteiger partial charge on any atom is 0.269 e. The van der Waals surface area contributed by atoms with E-state index in [2.05, 4.69) is 10.0 Å². The number of nitrogens with one attached hydrogen (secondary N) is 2. The molecule has 2 aromatic carbocycles. The highest BCUT2D eigenvalue weighted by Gasteiger charge is 2.16. The SMILES string of the molecule is Cc1ccc(C)c(NC(=O)CCNS(=O)(=O)c2ccc([N+](=O)[O-])cc2)c1. The highest BCUT2D eigenvalue weighted by Crippen LogP contribution is 2.17. The molecule has 0 aliphatic rings. The second-order valence-electron chi connectivity index (χ2n) is 5.77. The minimum Gasteiger partial charge on any atom is -0.326 e. The summed E-state index contributed by atoms with van der Waals surface area (Å²) >= 11 is 0. The largest absolute Gasteiger partial charge is 0.326 e. The van der Waals surface area contributed by atoms with Gasteiger partial charge in [-0.1, -0.05) is 12.1 Å². The Morgan fingerprint density at radius 3 is 2.38 bits per heavy atom. The first kappa shape index (κ1) is 19.5. The van der Waals surface area contributed by atoms with Crippen molar-refractivity contribution in [2.45, 2.75) is 25.2 Å². The van der Waals surface area contributed by atoms with E-state index in [1.807, 2.05) is 32.0 Å². The molecule has 138 valence electrons. The summed E-state index contributed by atoms with van der Waals surface area (Å²) in [7, 11) is -3.84. The van der Waals surface area contributed by atoms with Crippen molar-refractivity contribution in [3.8, 4) is 0 Å². The van der Waals surface area contributed by atoms with E-state index < -0.39 is 14.9 Å². The highest BCUT2D eigenvalue weighted by molar-refractivity contribution is 7.89. The van der Waals surface area contributed by atoms with Gasteiger partial charge in [0.05, 0.1) is 9.82 Å². The molecule has 0 spiro atoms. The summed E-state index contributed by atoms with van der Waals surface area (Å²) in [4.78, 5) is 21.9. The van der Waals surface area contributed by atoms with E-state index in [9.17, 15) is 23.3 Å². The van der Waals surface area contributed by atoms with E-state index in [4.69, 9.17) is 0 Å². The van der Waals surface area contributed by atoms with Crippen LogP contribution in [0.1, 0.15) is 17.5 Å². The second-order valence-corrected chi connectivity index (χ2v) is 7.53. The molecule has 2 aromatic rings. The summed E-state index contributed by atoms with van der Waals surface area (Å²) in [6, 6.07) is 10.2. The van der Waals surface area contributed by atoms with Gasteiger partial charge in [-0.05, 0) is 43.2 Å². The van der Waals surface area contributed by atoms with Gasteiger partial charge < -0.3 is 5.32 Å². The minimum atomic E-state index is -3.84. The van der Waals surface area contributed by atoms with Crippen LogP contribution in [-0.4, -0.2) is 25.8 Å². The Labute approximate surface area is 151 Å². The first-order valence-electron chi connectivity index (χ1n) is 7.80. The number of benzene rings is 2. The maximum absolute atomic E-state index is 12.1. The molecule has 26 heavy (non-hydrogen) atoms. The zero-order valence-electron chi connectivity index (χ0n) is 14.4. The lowest BCUT2D eigenvalue weighted by molar-refractivity contribution is -0.384. The number of non-ortho nitro benzene ring substituents is 1. The van der Waals surface area contributed by atoms with Crippen LogP contribution in [0, 0.1) is 24.0 Å². The number of nitro groups is 1. The van der Waals surface area contributed by atoms with E-state index in [1.54, 1.807) is 0 Å². The monoisotopic (exact) mass is 377 g/mol. The average molecular weight is 377 g/mol. The molecule has 9 heteroatoms.